The van der Waals surface area contributed by atoms with Crippen LogP contribution < -0.4 is 9.47 Å². The number of hydrogen-bond donors (Lipinski definition) is 0. The van der Waals surface area contributed by atoms with Gasteiger partial charge in [-0.05, 0) is 48.0 Å². The second kappa shape index (κ2) is 13.4. The van der Waals surface area contributed by atoms with Crippen molar-refractivity contribution in [3.05, 3.63) is 24.3 Å². The molecule has 0 amide bonds. The maximum atomic E-state index is 5.83. The molecule has 0 radical (unpaired) electrons. The average Bonchev–Trinajstić information content (AvgIpc) is 2.58. The molecule has 0 bridgehead atoms. The van der Waals surface area contributed by atoms with Gasteiger partial charge < -0.3 is 18.9 Å². The van der Waals surface area contributed by atoms with Crippen LogP contribution >= 0.6 is 0 Å². The van der Waals surface area contributed by atoms with Crippen molar-refractivity contribution in [2.24, 2.45) is 0 Å². The topological polar surface area (TPSA) is 36.9 Å². The second-order valence-corrected chi connectivity index (χ2v) is 8.27. The highest BCUT2D eigenvalue weighted by molar-refractivity contribution is 7.95. The fourth-order valence-corrected chi connectivity index (χ4v) is 2.35. The zero-order chi connectivity index (χ0) is 17.6. The molecule has 1 atom stereocenters. The highest BCUT2D eigenvalue weighted by Crippen LogP contribution is 2.18. The van der Waals surface area contributed by atoms with E-state index < -0.39 is 0 Å². The Balaban J connectivity index is 2.36. The lowest BCUT2D eigenvalue weighted by molar-refractivity contribution is -0.0369. The fourth-order valence-electron chi connectivity index (χ4n) is 1.94. The quantitative estimate of drug-likeness (QED) is 0.377. The van der Waals surface area contributed by atoms with Gasteiger partial charge in [-0.15, -0.1) is 0 Å². The maximum Gasteiger partial charge on any atom is 0.141 e. The number of hydrogen-bond acceptors (Lipinski definition) is 4. The lowest BCUT2D eigenvalue weighted by Gasteiger charge is -2.18. The van der Waals surface area contributed by atoms with Crippen molar-refractivity contribution >= 4 is 10.9 Å². The normalized spacial score (nSPS) is 12.4. The van der Waals surface area contributed by atoms with E-state index in [-0.39, 0.29) is 6.10 Å². The zero-order valence-electron chi connectivity index (χ0n) is 15.6. The summed E-state index contributed by atoms with van der Waals surface area (Å²) in [6.07, 6.45) is 6.43. The summed E-state index contributed by atoms with van der Waals surface area (Å²) in [4.78, 5) is 0. The van der Waals surface area contributed by atoms with Gasteiger partial charge in [0.25, 0.3) is 0 Å². The Kier molecular flexibility index (Phi) is 11.8. The van der Waals surface area contributed by atoms with Crippen LogP contribution in [0.2, 0.25) is 0 Å². The molecule has 0 saturated heterocycles. The summed E-state index contributed by atoms with van der Waals surface area (Å²) < 4.78 is 22.9. The Hall–Kier alpha value is -0.910. The van der Waals surface area contributed by atoms with Crippen molar-refractivity contribution < 1.29 is 18.9 Å². The first-order chi connectivity index (χ1) is 11.7. The summed E-state index contributed by atoms with van der Waals surface area (Å²) in [7, 11) is 0.416. The van der Waals surface area contributed by atoms with E-state index in [2.05, 4.69) is 26.4 Å². The molecular formula is C19H33O4S+. The van der Waals surface area contributed by atoms with E-state index in [1.807, 2.05) is 24.3 Å². The number of benzene rings is 1. The van der Waals surface area contributed by atoms with Crippen LogP contribution in [0, 0.1) is 0 Å². The molecule has 1 aromatic carbocycles. The van der Waals surface area contributed by atoms with Gasteiger partial charge in [-0.1, -0.05) is 13.8 Å². The summed E-state index contributed by atoms with van der Waals surface area (Å²) in [6.45, 7) is 7.52. The van der Waals surface area contributed by atoms with Gasteiger partial charge in [-0.2, -0.15) is 0 Å². The molecular weight excluding hydrogens is 324 g/mol. The minimum Gasteiger partial charge on any atom is -0.491 e. The molecule has 5 heteroatoms. The Labute approximate surface area is 150 Å². The predicted molar refractivity (Wildman–Crippen MR) is 103 cm³/mol. The molecule has 4 nitrogen and oxygen atoms in total. The number of rotatable bonds is 14. The maximum absolute atomic E-state index is 5.83. The molecule has 1 rings (SSSR count). The van der Waals surface area contributed by atoms with E-state index in [1.165, 1.54) is 0 Å². The van der Waals surface area contributed by atoms with Gasteiger partial charge in [0.2, 0.25) is 0 Å². The van der Waals surface area contributed by atoms with Crippen molar-refractivity contribution in [1.82, 2.24) is 0 Å². The minimum absolute atomic E-state index is 0.0283. The second-order valence-electron chi connectivity index (χ2n) is 5.89. The van der Waals surface area contributed by atoms with Crippen LogP contribution in [0.5, 0.6) is 11.5 Å². The van der Waals surface area contributed by atoms with Crippen molar-refractivity contribution in [1.29, 1.82) is 0 Å². The molecule has 0 aromatic heterocycles. The van der Waals surface area contributed by atoms with Crippen LogP contribution in [0.1, 0.15) is 26.7 Å². The monoisotopic (exact) mass is 357 g/mol. The molecule has 0 aliphatic carbocycles. The van der Waals surface area contributed by atoms with Crippen LogP contribution in [0.4, 0.5) is 0 Å². The van der Waals surface area contributed by atoms with E-state index >= 15 is 0 Å². The Morgan fingerprint density at radius 3 is 2.04 bits per heavy atom. The smallest absolute Gasteiger partial charge is 0.141 e. The first-order valence-electron chi connectivity index (χ1n) is 8.74. The van der Waals surface area contributed by atoms with E-state index in [9.17, 15) is 0 Å². The summed E-state index contributed by atoms with van der Waals surface area (Å²) in [6, 6.07) is 7.79. The van der Waals surface area contributed by atoms with Crippen molar-refractivity contribution in [3.63, 3.8) is 0 Å². The van der Waals surface area contributed by atoms with Crippen LogP contribution in [0.15, 0.2) is 24.3 Å². The Morgan fingerprint density at radius 2 is 1.46 bits per heavy atom. The standard InChI is InChI=1S/C19H33O4S/c1-5-11-20-15-19(21-12-6-2)16-23-18-9-7-17(8-10-18)22-13-14-24(3)4/h7-10,19H,5-6,11-16H2,1-4H3/q+1. The highest BCUT2D eigenvalue weighted by atomic mass is 32.2. The minimum atomic E-state index is -0.0283. The third-order valence-corrected chi connectivity index (χ3v) is 4.21. The predicted octanol–water partition coefficient (Wildman–Crippen LogP) is 3.54. The SMILES string of the molecule is CCCOCC(COc1ccc(OCC[S+](C)C)cc1)OCCC. The van der Waals surface area contributed by atoms with Crippen LogP contribution in [-0.4, -0.2) is 57.4 Å². The van der Waals surface area contributed by atoms with Gasteiger partial charge in [0.1, 0.15) is 36.6 Å². The molecule has 138 valence electrons. The van der Waals surface area contributed by atoms with Crippen molar-refractivity contribution in [2.45, 2.75) is 32.8 Å². The summed E-state index contributed by atoms with van der Waals surface area (Å²) in [5.74, 6) is 2.80. The van der Waals surface area contributed by atoms with Gasteiger partial charge in [-0.25, -0.2) is 0 Å². The highest BCUT2D eigenvalue weighted by Gasteiger charge is 2.10. The fraction of sp³-hybridized carbons (Fsp3) is 0.684. The van der Waals surface area contributed by atoms with Gasteiger partial charge in [0, 0.05) is 13.2 Å². The first-order valence-corrected chi connectivity index (χ1v) is 11.0. The van der Waals surface area contributed by atoms with Gasteiger partial charge in [0.05, 0.1) is 19.1 Å². The van der Waals surface area contributed by atoms with Crippen LogP contribution in [0.25, 0.3) is 0 Å². The van der Waals surface area contributed by atoms with Crippen molar-refractivity contribution in [3.8, 4) is 11.5 Å². The molecule has 0 N–H and O–H groups in total. The lowest BCUT2D eigenvalue weighted by atomic mass is 10.3. The largest absolute Gasteiger partial charge is 0.491 e. The third kappa shape index (κ3) is 10.1. The van der Waals surface area contributed by atoms with E-state index in [0.29, 0.717) is 24.1 Å². The van der Waals surface area contributed by atoms with Gasteiger partial charge >= 0.3 is 0 Å². The summed E-state index contributed by atoms with van der Waals surface area (Å²) in [5.41, 5.74) is 0. The molecule has 0 heterocycles. The molecule has 1 unspecified atom stereocenters. The molecule has 1 aromatic rings. The van der Waals surface area contributed by atoms with E-state index in [1.54, 1.807) is 0 Å². The first kappa shape index (κ1) is 21.1. The zero-order valence-corrected chi connectivity index (χ0v) is 16.4. The Bertz CT molecular complexity index is 408. The molecule has 24 heavy (non-hydrogen) atoms. The average molecular weight is 358 g/mol. The molecule has 0 aliphatic rings. The van der Waals surface area contributed by atoms with E-state index in [0.717, 1.165) is 49.9 Å². The van der Waals surface area contributed by atoms with Gasteiger partial charge in [0.15, 0.2) is 0 Å². The molecule has 0 spiro atoms. The number of ether oxygens (including phenoxy) is 4. The summed E-state index contributed by atoms with van der Waals surface area (Å²) >= 11 is 0. The van der Waals surface area contributed by atoms with Gasteiger partial charge in [-0.3, -0.25) is 0 Å². The molecule has 0 aliphatic heterocycles. The third-order valence-electron chi connectivity index (χ3n) is 3.23. The molecule has 0 fully saturated rings. The van der Waals surface area contributed by atoms with Crippen molar-refractivity contribution in [2.75, 3.05) is 51.3 Å². The van der Waals surface area contributed by atoms with Crippen LogP contribution in [0.3, 0.4) is 0 Å². The Morgan fingerprint density at radius 1 is 0.833 bits per heavy atom. The van der Waals surface area contributed by atoms with E-state index in [4.69, 9.17) is 18.9 Å². The molecule has 0 saturated carbocycles. The lowest BCUT2D eigenvalue weighted by Crippen LogP contribution is -2.27. The van der Waals surface area contributed by atoms with Crippen LogP contribution in [-0.2, 0) is 20.4 Å². The summed E-state index contributed by atoms with van der Waals surface area (Å²) in [5, 5.41) is 0.